The van der Waals surface area contributed by atoms with E-state index in [9.17, 15) is 14.8 Å². The van der Waals surface area contributed by atoms with Crippen molar-refractivity contribution >= 4 is 13.4 Å². The number of aliphatic hydroxyl groups excluding tert-OH is 1. The Balaban J connectivity index is 2.06. The first-order valence-electron chi connectivity index (χ1n) is 13.8. The van der Waals surface area contributed by atoms with E-state index in [1.807, 2.05) is 43.3 Å². The lowest BCUT2D eigenvalue weighted by Gasteiger charge is -2.32. The first kappa shape index (κ1) is 31.9. The number of hydrogen-bond donors (Lipinski definition) is 2. The molecule has 40 heavy (non-hydrogen) atoms. The average molecular weight is 573 g/mol. The number of oxazole rings is 1. The SMILES string of the molecule is CCOP(=O)(OCC)N(CC(C)O)c1ccc(-c2nc(-c3cc(C(C)(C)C)c(O)c(C(C)(C)C)c3)oc2C)cc1. The Kier molecular flexibility index (Phi) is 9.62. The van der Waals surface area contributed by atoms with E-state index < -0.39 is 13.9 Å². The van der Waals surface area contributed by atoms with Gasteiger partial charge in [0.15, 0.2) is 0 Å². The first-order valence-corrected chi connectivity index (χ1v) is 15.3. The number of aromatic hydroxyl groups is 1. The maximum absolute atomic E-state index is 13.6. The van der Waals surface area contributed by atoms with Crippen molar-refractivity contribution < 1.29 is 28.2 Å². The van der Waals surface area contributed by atoms with Crippen LogP contribution in [0.3, 0.4) is 0 Å². The zero-order valence-electron chi connectivity index (χ0n) is 25.5. The Morgan fingerprint density at radius 1 is 0.950 bits per heavy atom. The lowest BCUT2D eigenvalue weighted by atomic mass is 9.78. The highest BCUT2D eigenvalue weighted by Crippen LogP contribution is 2.54. The number of phenolic OH excluding ortho intramolecular Hbond substituents is 1. The first-order chi connectivity index (χ1) is 18.5. The van der Waals surface area contributed by atoms with E-state index in [0.717, 1.165) is 22.3 Å². The molecule has 0 bridgehead atoms. The van der Waals surface area contributed by atoms with E-state index in [1.54, 1.807) is 20.8 Å². The van der Waals surface area contributed by atoms with Crippen LogP contribution in [0.25, 0.3) is 22.7 Å². The molecule has 0 saturated heterocycles. The minimum Gasteiger partial charge on any atom is -0.507 e. The van der Waals surface area contributed by atoms with Gasteiger partial charge in [-0.2, -0.15) is 0 Å². The third-order valence-corrected chi connectivity index (χ3v) is 8.68. The summed E-state index contributed by atoms with van der Waals surface area (Å²) in [5.74, 6) is 1.43. The Hall–Kier alpha value is -2.64. The van der Waals surface area contributed by atoms with Gasteiger partial charge in [0.05, 0.1) is 25.9 Å². The highest BCUT2D eigenvalue weighted by molar-refractivity contribution is 7.55. The van der Waals surface area contributed by atoms with E-state index in [1.165, 1.54) is 4.67 Å². The number of anilines is 1. The van der Waals surface area contributed by atoms with Crippen molar-refractivity contribution in [3.8, 4) is 28.5 Å². The zero-order chi connectivity index (χ0) is 30.0. The minimum absolute atomic E-state index is 0.0802. The van der Waals surface area contributed by atoms with Gasteiger partial charge < -0.3 is 14.6 Å². The van der Waals surface area contributed by atoms with Crippen LogP contribution in [-0.4, -0.2) is 41.1 Å². The molecule has 8 nitrogen and oxygen atoms in total. The van der Waals surface area contributed by atoms with Crippen LogP contribution in [0.2, 0.25) is 0 Å². The molecule has 3 rings (SSSR count). The van der Waals surface area contributed by atoms with Gasteiger partial charge in [0.25, 0.3) is 0 Å². The quantitative estimate of drug-likeness (QED) is 0.236. The normalized spacial score (nSPS) is 13.5. The van der Waals surface area contributed by atoms with E-state index >= 15 is 0 Å². The second-order valence-electron chi connectivity index (χ2n) is 12.1. The van der Waals surface area contributed by atoms with Crippen LogP contribution in [0.4, 0.5) is 5.69 Å². The third-order valence-electron chi connectivity index (χ3n) is 6.53. The summed E-state index contributed by atoms with van der Waals surface area (Å²) in [6, 6.07) is 11.3. The molecule has 1 aromatic heterocycles. The average Bonchev–Trinajstić information content (AvgIpc) is 3.23. The van der Waals surface area contributed by atoms with Gasteiger partial charge in [0.2, 0.25) is 5.89 Å². The molecular weight excluding hydrogens is 527 g/mol. The predicted molar refractivity (Wildman–Crippen MR) is 161 cm³/mol. The summed E-state index contributed by atoms with van der Waals surface area (Å²) < 4.78 is 32.3. The fourth-order valence-electron chi connectivity index (χ4n) is 4.58. The summed E-state index contributed by atoms with van der Waals surface area (Å²) in [6.45, 7) is 19.9. The van der Waals surface area contributed by atoms with Crippen molar-refractivity contribution in [2.75, 3.05) is 24.4 Å². The highest BCUT2D eigenvalue weighted by Gasteiger charge is 2.34. The molecule has 0 aliphatic rings. The molecule has 1 unspecified atom stereocenters. The van der Waals surface area contributed by atoms with Gasteiger partial charge in [-0.15, -0.1) is 0 Å². The van der Waals surface area contributed by atoms with Crippen LogP contribution in [0.15, 0.2) is 40.8 Å². The molecular formula is C31H45N2O6P. The monoisotopic (exact) mass is 572 g/mol. The molecule has 0 spiro atoms. The summed E-state index contributed by atoms with van der Waals surface area (Å²) in [7, 11) is -3.66. The number of nitrogens with zero attached hydrogens (tertiary/aromatic N) is 2. The molecule has 0 aliphatic heterocycles. The van der Waals surface area contributed by atoms with E-state index in [-0.39, 0.29) is 30.6 Å². The lowest BCUT2D eigenvalue weighted by Crippen LogP contribution is -2.30. The van der Waals surface area contributed by atoms with Crippen molar-refractivity contribution in [1.82, 2.24) is 4.98 Å². The summed E-state index contributed by atoms with van der Waals surface area (Å²) in [5, 5.41) is 21.2. The molecule has 0 saturated carbocycles. The Labute approximate surface area is 238 Å². The third kappa shape index (κ3) is 6.98. The zero-order valence-corrected chi connectivity index (χ0v) is 26.4. The largest absolute Gasteiger partial charge is 0.507 e. The van der Waals surface area contributed by atoms with Crippen LogP contribution < -0.4 is 4.67 Å². The lowest BCUT2D eigenvalue weighted by molar-refractivity contribution is 0.188. The van der Waals surface area contributed by atoms with Crippen molar-refractivity contribution in [1.29, 1.82) is 0 Å². The predicted octanol–water partition coefficient (Wildman–Crippen LogP) is 7.99. The minimum atomic E-state index is -3.66. The standard InChI is InChI=1S/C31H45N2O6P/c1-11-37-40(36,38-12-2)33(19-20(3)34)24-15-13-22(14-16-24)27-21(4)39-29(32-27)23-17-25(30(5,6)7)28(35)26(18-23)31(8,9)10/h13-18,20,34-35H,11-12,19H2,1-10H3. The molecule has 0 fully saturated rings. The van der Waals surface area contributed by atoms with Gasteiger partial charge in [-0.3, -0.25) is 13.7 Å². The summed E-state index contributed by atoms with van der Waals surface area (Å²) in [4.78, 5) is 4.85. The fourth-order valence-corrected chi connectivity index (χ4v) is 6.44. The van der Waals surface area contributed by atoms with E-state index in [4.69, 9.17) is 18.4 Å². The molecule has 220 valence electrons. The van der Waals surface area contributed by atoms with Crippen molar-refractivity contribution in [3.05, 3.63) is 53.3 Å². The summed E-state index contributed by atoms with van der Waals surface area (Å²) in [6.07, 6.45) is -0.754. The van der Waals surface area contributed by atoms with Crippen LogP contribution >= 0.6 is 7.75 Å². The molecule has 2 N–H and O–H groups in total. The van der Waals surface area contributed by atoms with E-state index in [2.05, 4.69) is 41.5 Å². The molecule has 0 radical (unpaired) electrons. The second kappa shape index (κ2) is 12.1. The summed E-state index contributed by atoms with van der Waals surface area (Å²) >= 11 is 0. The maximum Gasteiger partial charge on any atom is 0.435 e. The number of rotatable bonds is 10. The molecule has 2 aromatic carbocycles. The van der Waals surface area contributed by atoms with E-state index in [0.29, 0.717) is 28.8 Å². The van der Waals surface area contributed by atoms with Crippen molar-refractivity contribution in [2.24, 2.45) is 0 Å². The van der Waals surface area contributed by atoms with Crippen LogP contribution in [0.1, 0.15) is 79.2 Å². The van der Waals surface area contributed by atoms with Gasteiger partial charge in [-0.1, -0.05) is 53.7 Å². The molecule has 0 aliphatic carbocycles. The number of aliphatic hydroxyl groups is 1. The fraction of sp³-hybridized carbons (Fsp3) is 0.516. The van der Waals surface area contributed by atoms with Crippen LogP contribution in [0, 0.1) is 6.92 Å². The van der Waals surface area contributed by atoms with Gasteiger partial charge >= 0.3 is 7.75 Å². The second-order valence-corrected chi connectivity index (χ2v) is 14.1. The maximum atomic E-state index is 13.6. The number of phenols is 1. The van der Waals surface area contributed by atoms with Gasteiger partial charge in [0.1, 0.15) is 17.2 Å². The number of benzene rings is 2. The van der Waals surface area contributed by atoms with Gasteiger partial charge in [-0.05, 0) is 62.8 Å². The van der Waals surface area contributed by atoms with Gasteiger partial charge in [0, 0.05) is 27.9 Å². The Morgan fingerprint density at radius 2 is 1.45 bits per heavy atom. The van der Waals surface area contributed by atoms with Crippen LogP contribution in [0.5, 0.6) is 5.75 Å². The molecule has 9 heteroatoms. The van der Waals surface area contributed by atoms with Crippen LogP contribution in [-0.2, 0) is 24.4 Å². The summed E-state index contributed by atoms with van der Waals surface area (Å²) in [5.41, 5.74) is 4.02. The number of hydrogen-bond acceptors (Lipinski definition) is 7. The Bertz CT molecular complexity index is 1300. The topological polar surface area (TPSA) is 105 Å². The van der Waals surface area contributed by atoms with Gasteiger partial charge in [-0.25, -0.2) is 9.55 Å². The smallest absolute Gasteiger partial charge is 0.435 e. The molecule has 3 aromatic rings. The highest BCUT2D eigenvalue weighted by atomic mass is 31.2. The molecule has 0 amide bonds. The van der Waals surface area contributed by atoms with Crippen molar-refractivity contribution in [2.45, 2.75) is 86.2 Å². The van der Waals surface area contributed by atoms with Crippen molar-refractivity contribution in [3.63, 3.8) is 0 Å². The molecule has 1 heterocycles. The number of aryl methyl sites for hydroxylation is 1. The number of aromatic nitrogens is 1. The molecule has 1 atom stereocenters. The Morgan fingerprint density at radius 3 is 1.88 bits per heavy atom.